The number of unbranched alkanes of at least 4 members (excludes halogenated alkanes) is 1. The van der Waals surface area contributed by atoms with Crippen molar-refractivity contribution in [2.75, 3.05) is 12.8 Å². The Morgan fingerprint density at radius 1 is 1.23 bits per heavy atom. The molecule has 1 aromatic carbocycles. The van der Waals surface area contributed by atoms with Gasteiger partial charge in [0.2, 0.25) is 0 Å². The monoisotopic (exact) mass is 439 g/mol. The van der Waals surface area contributed by atoms with Gasteiger partial charge < -0.3 is 5.73 Å². The molecule has 0 atom stereocenters. The summed E-state index contributed by atoms with van der Waals surface area (Å²) in [4.78, 5) is 4.17. The number of pyridine rings is 1. The molecule has 166 valence electrons. The summed E-state index contributed by atoms with van der Waals surface area (Å²) in [5, 5.41) is 9.83. The van der Waals surface area contributed by atoms with Gasteiger partial charge in [0.15, 0.2) is 0 Å². The van der Waals surface area contributed by atoms with Crippen LogP contribution in [0.1, 0.15) is 73.3 Å². The van der Waals surface area contributed by atoms with Crippen molar-refractivity contribution in [3.05, 3.63) is 63.4 Å². The highest BCUT2D eigenvalue weighted by atomic mass is 35.5. The molecule has 2 aromatic rings. The fourth-order valence-corrected chi connectivity index (χ4v) is 4.04. The number of nitrogen functional groups attached to an aromatic ring is 1. The van der Waals surface area contributed by atoms with E-state index in [1.165, 1.54) is 25.7 Å². The van der Waals surface area contributed by atoms with Gasteiger partial charge in [0.1, 0.15) is 0 Å². The van der Waals surface area contributed by atoms with Crippen LogP contribution in [0.25, 0.3) is 5.57 Å². The Kier molecular flexibility index (Phi) is 10.00. The Morgan fingerprint density at radius 2 is 1.94 bits per heavy atom. The first kappa shape index (κ1) is 24.9. The Labute approximate surface area is 191 Å². The smallest absolute Gasteiger partial charge is 0.0994 e. The second-order valence-corrected chi connectivity index (χ2v) is 8.34. The van der Waals surface area contributed by atoms with Crippen LogP contribution >= 0.6 is 11.6 Å². The molecule has 31 heavy (non-hydrogen) atoms. The van der Waals surface area contributed by atoms with Crippen LogP contribution in [0.2, 0.25) is 5.02 Å². The standard InChI is InChI=1S/C19H20ClN3.C6H14N2/c1-4-5-6-15(17-10-23-11-18(22)19(17)20)16-8-14(9-21)12(2)7-13(16)3;1-7-8-6-4-2-3-5-6/h6-8,10-11H,4-5,22H2,1-3H3;6-8H,2-5H2,1H3/b15-6+;. The molecule has 1 heterocycles. The van der Waals surface area contributed by atoms with Crippen LogP contribution in [0, 0.1) is 25.2 Å². The predicted octanol–water partition coefficient (Wildman–Crippen LogP) is 5.69. The van der Waals surface area contributed by atoms with E-state index in [0.717, 1.165) is 46.7 Å². The summed E-state index contributed by atoms with van der Waals surface area (Å²) in [6, 6.07) is 6.95. The van der Waals surface area contributed by atoms with E-state index in [9.17, 15) is 5.26 Å². The summed E-state index contributed by atoms with van der Waals surface area (Å²) >= 11 is 6.40. The molecule has 0 aliphatic heterocycles. The quantitative estimate of drug-likeness (QED) is 0.503. The van der Waals surface area contributed by atoms with Crippen LogP contribution in [0.3, 0.4) is 0 Å². The summed E-state index contributed by atoms with van der Waals surface area (Å²) in [7, 11) is 1.93. The third kappa shape index (κ3) is 6.80. The second-order valence-electron chi connectivity index (χ2n) is 7.97. The highest BCUT2D eigenvalue weighted by molar-refractivity contribution is 6.35. The molecule has 1 aliphatic carbocycles. The van der Waals surface area contributed by atoms with Gasteiger partial charge in [-0.3, -0.25) is 15.8 Å². The van der Waals surface area contributed by atoms with Crippen molar-refractivity contribution in [3.8, 4) is 6.07 Å². The zero-order valence-corrected chi connectivity index (χ0v) is 19.8. The van der Waals surface area contributed by atoms with Crippen LogP contribution in [-0.4, -0.2) is 18.1 Å². The van der Waals surface area contributed by atoms with Crippen molar-refractivity contribution in [1.29, 1.82) is 5.26 Å². The molecule has 0 bridgehead atoms. The summed E-state index contributed by atoms with van der Waals surface area (Å²) < 4.78 is 0. The van der Waals surface area contributed by atoms with Crippen molar-refractivity contribution in [2.24, 2.45) is 0 Å². The molecule has 1 saturated carbocycles. The van der Waals surface area contributed by atoms with Crippen LogP contribution in [0.15, 0.2) is 30.6 Å². The first-order chi connectivity index (χ1) is 14.9. The molecule has 1 aliphatic rings. The third-order valence-electron chi connectivity index (χ3n) is 5.52. The number of aryl methyl sites for hydroxylation is 2. The van der Waals surface area contributed by atoms with Gasteiger partial charge in [-0.25, -0.2) is 0 Å². The molecular formula is C25H34ClN5. The van der Waals surface area contributed by atoms with Crippen LogP contribution < -0.4 is 16.6 Å². The van der Waals surface area contributed by atoms with Gasteiger partial charge in [-0.2, -0.15) is 5.26 Å². The first-order valence-corrected chi connectivity index (χ1v) is 11.3. The number of nitrogens with two attached hydrogens (primary N) is 1. The highest BCUT2D eigenvalue weighted by Crippen LogP contribution is 2.35. The maximum Gasteiger partial charge on any atom is 0.0994 e. The van der Waals surface area contributed by atoms with Gasteiger partial charge in [-0.15, -0.1) is 0 Å². The Hall–Kier alpha value is -2.39. The van der Waals surface area contributed by atoms with E-state index >= 15 is 0 Å². The van der Waals surface area contributed by atoms with Crippen LogP contribution in [-0.2, 0) is 0 Å². The van der Waals surface area contributed by atoms with Gasteiger partial charge in [-0.1, -0.05) is 49.9 Å². The van der Waals surface area contributed by atoms with E-state index in [4.69, 9.17) is 17.3 Å². The lowest BCUT2D eigenvalue weighted by molar-refractivity contribution is 0.469. The minimum atomic E-state index is 0.455. The van der Waals surface area contributed by atoms with Crippen molar-refractivity contribution < 1.29 is 0 Å². The molecule has 0 amide bonds. The van der Waals surface area contributed by atoms with Crippen molar-refractivity contribution in [2.45, 2.75) is 65.3 Å². The maximum absolute atomic E-state index is 9.33. The topological polar surface area (TPSA) is 86.8 Å². The van der Waals surface area contributed by atoms with E-state index in [1.807, 2.05) is 33.0 Å². The number of nitrogens with zero attached hydrogens (tertiary/aromatic N) is 2. The molecular weight excluding hydrogens is 406 g/mol. The van der Waals surface area contributed by atoms with Crippen LogP contribution in [0.4, 0.5) is 5.69 Å². The number of hydrogen-bond donors (Lipinski definition) is 3. The highest BCUT2D eigenvalue weighted by Gasteiger charge is 2.15. The number of halogens is 1. The molecule has 5 nitrogen and oxygen atoms in total. The second kappa shape index (κ2) is 12.5. The lowest BCUT2D eigenvalue weighted by Gasteiger charge is -2.15. The van der Waals surface area contributed by atoms with E-state index in [1.54, 1.807) is 12.4 Å². The number of rotatable bonds is 6. The van der Waals surface area contributed by atoms with E-state index in [-0.39, 0.29) is 0 Å². The van der Waals surface area contributed by atoms with E-state index < -0.39 is 0 Å². The number of hydrazine groups is 1. The van der Waals surface area contributed by atoms with E-state index in [0.29, 0.717) is 16.3 Å². The summed E-state index contributed by atoms with van der Waals surface area (Å²) in [5.74, 6) is 0. The Bertz CT molecular complexity index is 940. The molecule has 6 heteroatoms. The minimum Gasteiger partial charge on any atom is -0.396 e. The van der Waals surface area contributed by atoms with Gasteiger partial charge in [0.25, 0.3) is 0 Å². The molecule has 1 aromatic heterocycles. The zero-order chi connectivity index (χ0) is 22.8. The van der Waals surface area contributed by atoms with Gasteiger partial charge in [-0.05, 0) is 68.5 Å². The summed E-state index contributed by atoms with van der Waals surface area (Å²) in [6.07, 6.45) is 12.8. The number of hydrogen-bond acceptors (Lipinski definition) is 5. The first-order valence-electron chi connectivity index (χ1n) is 11.0. The SMILES string of the molecule is CCC/C=C(\c1cc(C#N)c(C)cc1C)c1cncc(N)c1Cl.CNNC1CCCC1. The number of anilines is 1. The molecule has 0 saturated heterocycles. The summed E-state index contributed by atoms with van der Waals surface area (Å²) in [6.45, 7) is 6.10. The number of nitriles is 1. The van der Waals surface area contributed by atoms with Gasteiger partial charge in [0, 0.05) is 17.8 Å². The molecule has 1 fully saturated rings. The van der Waals surface area contributed by atoms with Gasteiger partial charge in [0.05, 0.1) is 28.5 Å². The average Bonchev–Trinajstić information content (AvgIpc) is 3.26. The Balaban J connectivity index is 0.000000357. The molecule has 0 unspecified atom stereocenters. The normalized spacial score (nSPS) is 14.1. The predicted molar refractivity (Wildman–Crippen MR) is 131 cm³/mol. The van der Waals surface area contributed by atoms with Gasteiger partial charge >= 0.3 is 0 Å². The van der Waals surface area contributed by atoms with Crippen molar-refractivity contribution in [1.82, 2.24) is 15.8 Å². The lowest BCUT2D eigenvalue weighted by Crippen LogP contribution is -2.36. The summed E-state index contributed by atoms with van der Waals surface area (Å²) in [5.41, 5.74) is 18.0. The van der Waals surface area contributed by atoms with E-state index in [2.05, 4.69) is 34.9 Å². The van der Waals surface area contributed by atoms with Crippen molar-refractivity contribution >= 4 is 22.9 Å². The maximum atomic E-state index is 9.33. The zero-order valence-electron chi connectivity index (χ0n) is 19.1. The number of nitrogens with one attached hydrogen (secondary N) is 2. The number of benzene rings is 1. The largest absolute Gasteiger partial charge is 0.396 e. The fraction of sp³-hybridized carbons (Fsp3) is 0.440. The fourth-order valence-electron chi connectivity index (χ4n) is 3.84. The third-order valence-corrected chi connectivity index (χ3v) is 5.94. The molecule has 0 spiro atoms. The number of aromatic nitrogens is 1. The van der Waals surface area contributed by atoms with Crippen LogP contribution in [0.5, 0.6) is 0 Å². The molecule has 3 rings (SSSR count). The molecule has 0 radical (unpaired) electrons. The minimum absolute atomic E-state index is 0.455. The van der Waals surface area contributed by atoms with Crippen molar-refractivity contribution in [3.63, 3.8) is 0 Å². The average molecular weight is 440 g/mol. The lowest BCUT2D eigenvalue weighted by atomic mass is 9.91. The molecule has 4 N–H and O–H groups in total. The number of allylic oxidation sites excluding steroid dienone is 1. The Morgan fingerprint density at radius 3 is 2.55 bits per heavy atom.